The highest BCUT2D eigenvalue weighted by Gasteiger charge is 2.27. The molecular weight excluding hydrogens is 292 g/mol. The number of nitrogen functional groups attached to an aromatic ring is 1. The molecule has 2 unspecified atom stereocenters. The third kappa shape index (κ3) is 5.18. The fourth-order valence-corrected chi connectivity index (χ4v) is 3.53. The van der Waals surface area contributed by atoms with Gasteiger partial charge in [-0.15, -0.1) is 0 Å². The van der Waals surface area contributed by atoms with E-state index >= 15 is 0 Å². The van der Waals surface area contributed by atoms with Crippen LogP contribution in [0.5, 0.6) is 5.75 Å². The molecule has 1 aliphatic rings. The summed E-state index contributed by atoms with van der Waals surface area (Å²) >= 11 is 0. The molecule has 4 N–H and O–H groups in total. The minimum atomic E-state index is -3.45. The number of aliphatic hydroxyl groups is 1. The molecule has 1 aromatic carbocycles. The van der Waals surface area contributed by atoms with Crippen LogP contribution in [0.15, 0.2) is 24.3 Å². The zero-order chi connectivity index (χ0) is 15.3. The normalized spacial score (nSPS) is 22.9. The van der Waals surface area contributed by atoms with Crippen molar-refractivity contribution in [2.45, 2.75) is 37.8 Å². The maximum Gasteiger partial charge on any atom is 0.215 e. The summed E-state index contributed by atoms with van der Waals surface area (Å²) in [5.74, 6) is 0.442. The van der Waals surface area contributed by atoms with Crippen molar-refractivity contribution in [3.05, 3.63) is 24.3 Å². The van der Waals surface area contributed by atoms with Crippen LogP contribution >= 0.6 is 0 Å². The van der Waals surface area contributed by atoms with Crippen molar-refractivity contribution >= 4 is 15.7 Å². The molecule has 2 rings (SSSR count). The highest BCUT2D eigenvalue weighted by atomic mass is 32.2. The monoisotopic (exact) mass is 314 g/mol. The molecule has 1 fully saturated rings. The Morgan fingerprint density at radius 1 is 1.24 bits per heavy atom. The number of anilines is 1. The van der Waals surface area contributed by atoms with Crippen LogP contribution in [0.25, 0.3) is 0 Å². The Bertz CT molecular complexity index is 545. The summed E-state index contributed by atoms with van der Waals surface area (Å²) in [4.78, 5) is 0. The number of aliphatic hydroxyl groups excluding tert-OH is 1. The van der Waals surface area contributed by atoms with E-state index in [-0.39, 0.29) is 18.4 Å². The lowest BCUT2D eigenvalue weighted by Gasteiger charge is -2.28. The van der Waals surface area contributed by atoms with Crippen LogP contribution in [0.4, 0.5) is 5.69 Å². The summed E-state index contributed by atoms with van der Waals surface area (Å²) < 4.78 is 31.9. The highest BCUT2D eigenvalue weighted by molar-refractivity contribution is 7.89. The molecule has 118 valence electrons. The molecule has 0 radical (unpaired) electrons. The van der Waals surface area contributed by atoms with Gasteiger partial charge in [-0.1, -0.05) is 12.8 Å². The molecule has 0 bridgehead atoms. The molecule has 0 saturated heterocycles. The quantitative estimate of drug-likeness (QED) is 0.676. The first kappa shape index (κ1) is 16.1. The second kappa shape index (κ2) is 7.11. The lowest BCUT2D eigenvalue weighted by molar-refractivity contribution is 0.101. The van der Waals surface area contributed by atoms with E-state index in [0.29, 0.717) is 24.3 Å². The van der Waals surface area contributed by atoms with Gasteiger partial charge in [0, 0.05) is 11.7 Å². The Hall–Kier alpha value is -1.31. The van der Waals surface area contributed by atoms with Crippen LogP contribution in [0.3, 0.4) is 0 Å². The van der Waals surface area contributed by atoms with Crippen LogP contribution in [0.1, 0.15) is 25.7 Å². The smallest absolute Gasteiger partial charge is 0.215 e. The molecule has 1 aliphatic carbocycles. The van der Waals surface area contributed by atoms with Gasteiger partial charge in [0.15, 0.2) is 0 Å². The Kier molecular flexibility index (Phi) is 5.44. The summed E-state index contributed by atoms with van der Waals surface area (Å²) in [6, 6.07) is 6.40. The first-order valence-corrected chi connectivity index (χ1v) is 8.78. The predicted octanol–water partition coefficient (Wildman–Crippen LogP) is 0.870. The van der Waals surface area contributed by atoms with E-state index in [2.05, 4.69) is 4.72 Å². The van der Waals surface area contributed by atoms with Crippen molar-refractivity contribution in [2.24, 2.45) is 0 Å². The Morgan fingerprint density at radius 2 is 1.90 bits per heavy atom. The van der Waals surface area contributed by atoms with Crippen molar-refractivity contribution in [3.8, 4) is 5.75 Å². The Balaban J connectivity index is 1.79. The Morgan fingerprint density at radius 3 is 2.57 bits per heavy atom. The Labute approximate surface area is 125 Å². The topological polar surface area (TPSA) is 102 Å². The van der Waals surface area contributed by atoms with E-state index in [9.17, 15) is 13.5 Å². The summed E-state index contributed by atoms with van der Waals surface area (Å²) in [7, 11) is -3.45. The van der Waals surface area contributed by atoms with E-state index < -0.39 is 16.1 Å². The van der Waals surface area contributed by atoms with E-state index in [1.165, 1.54) is 0 Å². The zero-order valence-electron chi connectivity index (χ0n) is 11.9. The van der Waals surface area contributed by atoms with Gasteiger partial charge in [0.25, 0.3) is 0 Å². The molecule has 2 atom stereocenters. The lowest BCUT2D eigenvalue weighted by Crippen LogP contribution is -2.46. The number of nitrogens with two attached hydrogens (primary N) is 1. The van der Waals surface area contributed by atoms with Gasteiger partial charge < -0.3 is 15.6 Å². The lowest BCUT2D eigenvalue weighted by atomic mass is 9.93. The molecule has 0 heterocycles. The fraction of sp³-hybridized carbons (Fsp3) is 0.571. The van der Waals surface area contributed by atoms with Gasteiger partial charge in [-0.05, 0) is 37.1 Å². The van der Waals surface area contributed by atoms with E-state index in [1.807, 2.05) is 0 Å². The first-order valence-electron chi connectivity index (χ1n) is 7.13. The predicted molar refractivity (Wildman–Crippen MR) is 81.5 cm³/mol. The number of sulfonamides is 1. The molecule has 0 aromatic heterocycles. The van der Waals surface area contributed by atoms with Gasteiger partial charge in [-0.3, -0.25) is 0 Å². The molecule has 21 heavy (non-hydrogen) atoms. The van der Waals surface area contributed by atoms with Crippen LogP contribution in [0, 0.1) is 0 Å². The number of hydrogen-bond acceptors (Lipinski definition) is 5. The number of rotatable bonds is 6. The summed E-state index contributed by atoms with van der Waals surface area (Å²) in [6.45, 7) is 0.0576. The van der Waals surface area contributed by atoms with Crippen molar-refractivity contribution < 1.29 is 18.3 Å². The molecule has 6 nitrogen and oxygen atoms in total. The molecular formula is C14H22N2O4S. The molecule has 0 aliphatic heterocycles. The maximum absolute atomic E-state index is 12.0. The number of ether oxygens (including phenoxy) is 1. The van der Waals surface area contributed by atoms with E-state index in [0.717, 1.165) is 12.8 Å². The highest BCUT2D eigenvalue weighted by Crippen LogP contribution is 2.19. The third-order valence-electron chi connectivity index (χ3n) is 3.56. The van der Waals surface area contributed by atoms with Gasteiger partial charge in [0.1, 0.15) is 12.4 Å². The van der Waals surface area contributed by atoms with Crippen molar-refractivity contribution in [3.63, 3.8) is 0 Å². The van der Waals surface area contributed by atoms with Gasteiger partial charge in [0.2, 0.25) is 10.0 Å². The van der Waals surface area contributed by atoms with Gasteiger partial charge >= 0.3 is 0 Å². The van der Waals surface area contributed by atoms with Crippen LogP contribution < -0.4 is 15.2 Å². The molecule has 1 aromatic rings. The first-order chi connectivity index (χ1) is 9.96. The molecule has 0 amide bonds. The maximum atomic E-state index is 12.0. The second-order valence-electron chi connectivity index (χ2n) is 5.31. The zero-order valence-corrected chi connectivity index (χ0v) is 12.7. The van der Waals surface area contributed by atoms with Crippen LogP contribution in [0.2, 0.25) is 0 Å². The SMILES string of the molecule is Nc1ccc(OCCS(=O)(=O)NC2CCCCC2O)cc1. The van der Waals surface area contributed by atoms with Gasteiger partial charge in [0.05, 0.1) is 11.9 Å². The van der Waals surface area contributed by atoms with Crippen LogP contribution in [-0.4, -0.2) is 38.0 Å². The van der Waals surface area contributed by atoms with Crippen LogP contribution in [-0.2, 0) is 10.0 Å². The molecule has 7 heteroatoms. The third-order valence-corrected chi connectivity index (χ3v) is 4.93. The molecule has 1 saturated carbocycles. The average Bonchev–Trinajstić information content (AvgIpc) is 2.43. The van der Waals surface area contributed by atoms with E-state index in [1.54, 1.807) is 24.3 Å². The van der Waals surface area contributed by atoms with Gasteiger partial charge in [-0.25, -0.2) is 13.1 Å². The van der Waals surface area contributed by atoms with E-state index in [4.69, 9.17) is 10.5 Å². The van der Waals surface area contributed by atoms with Crippen molar-refractivity contribution in [1.29, 1.82) is 0 Å². The second-order valence-corrected chi connectivity index (χ2v) is 7.19. The summed E-state index contributed by atoms with van der Waals surface area (Å²) in [5, 5.41) is 9.79. The minimum Gasteiger partial charge on any atom is -0.492 e. The number of hydrogen-bond donors (Lipinski definition) is 3. The number of benzene rings is 1. The summed E-state index contributed by atoms with van der Waals surface area (Å²) in [6.07, 6.45) is 2.62. The minimum absolute atomic E-state index is 0.0576. The standard InChI is InChI=1S/C14H22N2O4S/c15-11-5-7-12(8-6-11)20-9-10-21(18,19)16-13-3-1-2-4-14(13)17/h5-8,13-14,16-17H,1-4,9-10,15H2. The van der Waals surface area contributed by atoms with Crippen molar-refractivity contribution in [1.82, 2.24) is 4.72 Å². The summed E-state index contributed by atoms with van der Waals surface area (Å²) in [5.41, 5.74) is 6.18. The molecule has 0 spiro atoms. The largest absolute Gasteiger partial charge is 0.492 e. The number of nitrogens with one attached hydrogen (secondary N) is 1. The fourth-order valence-electron chi connectivity index (χ4n) is 2.37. The average molecular weight is 314 g/mol. The van der Waals surface area contributed by atoms with Gasteiger partial charge in [-0.2, -0.15) is 0 Å². The van der Waals surface area contributed by atoms with Crippen molar-refractivity contribution in [2.75, 3.05) is 18.1 Å².